The number of hydrogen-bond acceptors (Lipinski definition) is 3. The fourth-order valence-electron chi connectivity index (χ4n) is 1.83. The number of halogens is 1. The number of nitrogens with two attached hydrogens (primary N) is 1. The smallest absolute Gasteiger partial charge is 0.234 e. The van der Waals surface area contributed by atoms with Crippen LogP contribution in [0.15, 0.2) is 41.3 Å². The first-order valence-corrected chi connectivity index (χ1v) is 7.87. The number of nitrogens with one attached hydrogen (secondary N) is 1. The molecular weight excluding hydrogens is 304 g/mol. The Morgan fingerprint density at radius 1 is 1.24 bits per heavy atom. The zero-order chi connectivity index (χ0) is 15.4. The van der Waals surface area contributed by atoms with Gasteiger partial charge in [-0.2, -0.15) is 0 Å². The first-order chi connectivity index (χ1) is 9.95. The minimum atomic E-state index is -0.0902. The molecule has 110 valence electrons. The Hall–Kier alpha value is -1.65. The molecule has 0 aliphatic heterocycles. The Balaban J connectivity index is 1.97. The molecular formula is C16H17ClN2OS. The van der Waals surface area contributed by atoms with E-state index in [-0.39, 0.29) is 5.91 Å². The summed E-state index contributed by atoms with van der Waals surface area (Å²) >= 11 is 7.55. The van der Waals surface area contributed by atoms with Crippen molar-refractivity contribution in [3.05, 3.63) is 52.5 Å². The minimum absolute atomic E-state index is 0.0902. The number of carbonyl (C=O) groups is 1. The quantitative estimate of drug-likeness (QED) is 0.653. The summed E-state index contributed by atoms with van der Waals surface area (Å²) in [7, 11) is 0. The molecule has 3 N–H and O–H groups in total. The van der Waals surface area contributed by atoms with Crippen molar-refractivity contribution in [1.29, 1.82) is 0 Å². The first-order valence-electron chi connectivity index (χ1n) is 6.50. The molecule has 0 spiro atoms. The maximum atomic E-state index is 12.0. The van der Waals surface area contributed by atoms with E-state index in [1.54, 1.807) is 18.2 Å². The molecule has 3 nitrogen and oxygen atoms in total. The van der Waals surface area contributed by atoms with E-state index in [1.807, 2.05) is 13.8 Å². The van der Waals surface area contributed by atoms with Crippen molar-refractivity contribution in [3.8, 4) is 0 Å². The van der Waals surface area contributed by atoms with Crippen LogP contribution in [0.25, 0.3) is 0 Å². The molecule has 0 saturated heterocycles. The lowest BCUT2D eigenvalue weighted by Gasteiger charge is -2.09. The van der Waals surface area contributed by atoms with Gasteiger partial charge in [0.05, 0.1) is 16.5 Å². The van der Waals surface area contributed by atoms with Crippen LogP contribution >= 0.6 is 23.4 Å². The fraction of sp³-hybridized carbons (Fsp3) is 0.188. The normalized spacial score (nSPS) is 10.4. The summed E-state index contributed by atoms with van der Waals surface area (Å²) in [6, 6.07) is 11.2. The van der Waals surface area contributed by atoms with Gasteiger partial charge in [-0.3, -0.25) is 4.79 Å². The van der Waals surface area contributed by atoms with Crippen LogP contribution < -0.4 is 11.1 Å². The van der Waals surface area contributed by atoms with Gasteiger partial charge in [0.1, 0.15) is 0 Å². The van der Waals surface area contributed by atoms with Crippen LogP contribution in [-0.4, -0.2) is 11.7 Å². The van der Waals surface area contributed by atoms with Crippen LogP contribution in [-0.2, 0) is 4.79 Å². The van der Waals surface area contributed by atoms with Crippen LogP contribution in [0.3, 0.4) is 0 Å². The number of anilines is 2. The molecule has 2 aromatic carbocycles. The Morgan fingerprint density at radius 3 is 2.71 bits per heavy atom. The maximum Gasteiger partial charge on any atom is 0.234 e. The molecule has 1 amide bonds. The molecule has 0 aliphatic rings. The Bertz CT molecular complexity index is 673. The largest absolute Gasteiger partial charge is 0.399 e. The lowest BCUT2D eigenvalue weighted by Crippen LogP contribution is -2.14. The van der Waals surface area contributed by atoms with E-state index < -0.39 is 0 Å². The van der Waals surface area contributed by atoms with E-state index in [0.29, 0.717) is 22.2 Å². The number of benzene rings is 2. The van der Waals surface area contributed by atoms with Gasteiger partial charge >= 0.3 is 0 Å². The SMILES string of the molecule is Cc1ccc(C)c(SCC(=O)Nc2ccc(N)cc2Cl)c1. The molecule has 0 saturated carbocycles. The molecule has 0 bridgehead atoms. The molecule has 0 unspecified atom stereocenters. The maximum absolute atomic E-state index is 12.0. The van der Waals surface area contributed by atoms with Crippen LogP contribution in [0.1, 0.15) is 11.1 Å². The third-order valence-corrected chi connectivity index (χ3v) is 4.44. The molecule has 0 fully saturated rings. The molecule has 21 heavy (non-hydrogen) atoms. The van der Waals surface area contributed by atoms with Gasteiger partial charge in [0.25, 0.3) is 0 Å². The lowest BCUT2D eigenvalue weighted by atomic mass is 10.2. The highest BCUT2D eigenvalue weighted by Crippen LogP contribution is 2.26. The second-order valence-electron chi connectivity index (χ2n) is 4.85. The van der Waals surface area contributed by atoms with Gasteiger partial charge in [-0.1, -0.05) is 29.3 Å². The van der Waals surface area contributed by atoms with E-state index in [1.165, 1.54) is 22.9 Å². The number of hydrogen-bond donors (Lipinski definition) is 2. The van der Waals surface area contributed by atoms with Crippen molar-refractivity contribution >= 4 is 40.6 Å². The number of nitrogen functional groups attached to an aromatic ring is 1. The third kappa shape index (κ3) is 4.41. The second-order valence-corrected chi connectivity index (χ2v) is 6.27. The molecule has 5 heteroatoms. The molecule has 0 atom stereocenters. The van der Waals surface area contributed by atoms with E-state index in [2.05, 4.69) is 23.5 Å². The average Bonchev–Trinajstić information content (AvgIpc) is 2.43. The van der Waals surface area contributed by atoms with E-state index in [9.17, 15) is 4.79 Å². The van der Waals surface area contributed by atoms with Gasteiger partial charge in [-0.15, -0.1) is 11.8 Å². The third-order valence-electron chi connectivity index (χ3n) is 2.97. The fourth-order valence-corrected chi connectivity index (χ4v) is 2.99. The molecule has 2 rings (SSSR count). The molecule has 0 radical (unpaired) electrons. The zero-order valence-electron chi connectivity index (χ0n) is 11.9. The van der Waals surface area contributed by atoms with Crippen molar-refractivity contribution in [1.82, 2.24) is 0 Å². The van der Waals surface area contributed by atoms with Crippen molar-refractivity contribution in [2.24, 2.45) is 0 Å². The van der Waals surface area contributed by atoms with E-state index >= 15 is 0 Å². The predicted molar refractivity (Wildman–Crippen MR) is 91.1 cm³/mol. The standard InChI is InChI=1S/C16H17ClN2OS/c1-10-3-4-11(2)15(7-10)21-9-16(20)19-14-6-5-12(18)8-13(14)17/h3-8H,9,18H2,1-2H3,(H,19,20). The summed E-state index contributed by atoms with van der Waals surface area (Å²) < 4.78 is 0. The van der Waals surface area contributed by atoms with Crippen LogP contribution in [0.4, 0.5) is 11.4 Å². The van der Waals surface area contributed by atoms with E-state index in [4.69, 9.17) is 17.3 Å². The average molecular weight is 321 g/mol. The van der Waals surface area contributed by atoms with Gasteiger partial charge < -0.3 is 11.1 Å². The number of carbonyl (C=O) groups excluding carboxylic acids is 1. The summed E-state index contributed by atoms with van der Waals surface area (Å²) in [5, 5.41) is 3.24. The van der Waals surface area contributed by atoms with Crippen molar-refractivity contribution in [2.45, 2.75) is 18.7 Å². The second kappa shape index (κ2) is 6.87. The monoisotopic (exact) mass is 320 g/mol. The van der Waals surface area contributed by atoms with Crippen LogP contribution in [0.2, 0.25) is 5.02 Å². The highest BCUT2D eigenvalue weighted by molar-refractivity contribution is 8.00. The van der Waals surface area contributed by atoms with Crippen LogP contribution in [0, 0.1) is 13.8 Å². The Labute approximate surface area is 133 Å². The Kier molecular flexibility index (Phi) is 5.15. The summed E-state index contributed by atoms with van der Waals surface area (Å²) in [5.74, 6) is 0.248. The molecule has 0 aromatic heterocycles. The molecule has 2 aromatic rings. The lowest BCUT2D eigenvalue weighted by molar-refractivity contribution is -0.113. The highest BCUT2D eigenvalue weighted by atomic mass is 35.5. The Morgan fingerprint density at radius 2 is 2.00 bits per heavy atom. The van der Waals surface area contributed by atoms with Gasteiger partial charge in [-0.05, 0) is 43.7 Å². The first kappa shape index (κ1) is 15.7. The zero-order valence-corrected chi connectivity index (χ0v) is 13.5. The molecule has 0 aliphatic carbocycles. The highest BCUT2D eigenvalue weighted by Gasteiger charge is 2.08. The number of amides is 1. The van der Waals surface area contributed by atoms with Gasteiger partial charge in [-0.25, -0.2) is 0 Å². The number of rotatable bonds is 4. The van der Waals surface area contributed by atoms with Gasteiger partial charge in [0.15, 0.2) is 0 Å². The topological polar surface area (TPSA) is 55.1 Å². The minimum Gasteiger partial charge on any atom is -0.399 e. The van der Waals surface area contributed by atoms with Crippen molar-refractivity contribution < 1.29 is 4.79 Å². The van der Waals surface area contributed by atoms with Crippen molar-refractivity contribution in [3.63, 3.8) is 0 Å². The number of thioether (sulfide) groups is 1. The summed E-state index contributed by atoms with van der Waals surface area (Å²) in [4.78, 5) is 13.1. The van der Waals surface area contributed by atoms with Gasteiger partial charge in [0, 0.05) is 10.6 Å². The summed E-state index contributed by atoms with van der Waals surface area (Å²) in [5.41, 5.74) is 9.13. The van der Waals surface area contributed by atoms with Crippen LogP contribution in [0.5, 0.6) is 0 Å². The van der Waals surface area contributed by atoms with Gasteiger partial charge in [0.2, 0.25) is 5.91 Å². The number of aryl methyl sites for hydroxylation is 2. The predicted octanol–water partition coefficient (Wildman–Crippen LogP) is 4.27. The van der Waals surface area contributed by atoms with E-state index in [0.717, 1.165) is 4.90 Å². The van der Waals surface area contributed by atoms with Crippen molar-refractivity contribution in [2.75, 3.05) is 16.8 Å². The summed E-state index contributed by atoms with van der Waals surface area (Å²) in [6.07, 6.45) is 0. The summed E-state index contributed by atoms with van der Waals surface area (Å²) in [6.45, 7) is 4.08. The molecule has 0 heterocycles.